The highest BCUT2D eigenvalue weighted by molar-refractivity contribution is 5.71. The van der Waals surface area contributed by atoms with E-state index in [9.17, 15) is 13.2 Å². The zero-order valence-corrected chi connectivity index (χ0v) is 14.6. The van der Waals surface area contributed by atoms with E-state index in [1.807, 2.05) is 18.4 Å². The molecule has 27 heavy (non-hydrogen) atoms. The van der Waals surface area contributed by atoms with Gasteiger partial charge in [0.1, 0.15) is 12.4 Å². The molecule has 3 aromatic rings. The molecule has 0 aliphatic carbocycles. The average molecular weight is 379 g/mol. The second-order valence-corrected chi connectivity index (χ2v) is 6.02. The summed E-state index contributed by atoms with van der Waals surface area (Å²) in [4.78, 5) is 8.79. The summed E-state index contributed by atoms with van der Waals surface area (Å²) in [7, 11) is 0. The Bertz CT molecular complexity index is 993. The first-order valence-corrected chi connectivity index (χ1v) is 8.30. The molecule has 7 nitrogen and oxygen atoms in total. The summed E-state index contributed by atoms with van der Waals surface area (Å²) in [6.45, 7) is 4.86. The Balaban J connectivity index is 1.87. The molecule has 0 atom stereocenters. The second kappa shape index (κ2) is 6.38. The number of fused-ring (bicyclic) bond motifs is 5. The average Bonchev–Trinajstić information content (AvgIpc) is 3.13. The third-order valence-electron chi connectivity index (χ3n) is 4.23. The molecule has 0 spiro atoms. The lowest BCUT2D eigenvalue weighted by atomic mass is 10.1. The number of nitrogens with zero attached hydrogens (tertiary/aromatic N) is 5. The number of rotatable bonds is 4. The van der Waals surface area contributed by atoms with Crippen molar-refractivity contribution in [1.82, 2.24) is 24.3 Å². The summed E-state index contributed by atoms with van der Waals surface area (Å²) >= 11 is 0. The SMILES string of the molecule is CCOCc1nc2n(n1)Cc1c(C)ncn1-c1ccc(OC(F)(F)F)cc1-2. The summed E-state index contributed by atoms with van der Waals surface area (Å²) in [6.07, 6.45) is -3.13. The van der Waals surface area contributed by atoms with E-state index < -0.39 is 6.36 Å². The fraction of sp³-hybridized carbons (Fsp3) is 0.353. The molecule has 0 saturated heterocycles. The van der Waals surface area contributed by atoms with Crippen LogP contribution in [0.3, 0.4) is 0 Å². The fourth-order valence-corrected chi connectivity index (χ4v) is 3.06. The molecule has 0 bridgehead atoms. The number of aryl methyl sites for hydroxylation is 1. The minimum absolute atomic E-state index is 0.225. The smallest absolute Gasteiger partial charge is 0.406 e. The maximum absolute atomic E-state index is 12.6. The quantitative estimate of drug-likeness (QED) is 0.545. The molecule has 0 fully saturated rings. The van der Waals surface area contributed by atoms with E-state index in [4.69, 9.17) is 4.74 Å². The number of benzene rings is 1. The summed E-state index contributed by atoms with van der Waals surface area (Å²) in [5.74, 6) is 0.600. The van der Waals surface area contributed by atoms with Gasteiger partial charge >= 0.3 is 6.36 Å². The van der Waals surface area contributed by atoms with Gasteiger partial charge in [-0.25, -0.2) is 14.6 Å². The van der Waals surface area contributed by atoms with Crippen molar-refractivity contribution < 1.29 is 22.6 Å². The first-order chi connectivity index (χ1) is 12.9. The Kier molecular flexibility index (Phi) is 4.14. The van der Waals surface area contributed by atoms with Gasteiger partial charge in [0.2, 0.25) is 0 Å². The van der Waals surface area contributed by atoms with Gasteiger partial charge in [0.15, 0.2) is 11.6 Å². The number of halogens is 3. The predicted octanol–water partition coefficient (Wildman–Crippen LogP) is 3.24. The Labute approximate surface area is 152 Å². The Morgan fingerprint density at radius 1 is 1.26 bits per heavy atom. The van der Waals surface area contributed by atoms with Gasteiger partial charge < -0.3 is 14.0 Å². The lowest BCUT2D eigenvalue weighted by molar-refractivity contribution is -0.274. The first-order valence-electron chi connectivity index (χ1n) is 8.30. The molecule has 3 heterocycles. The normalized spacial score (nSPS) is 12.9. The molecule has 2 aromatic heterocycles. The lowest BCUT2D eigenvalue weighted by Crippen LogP contribution is -2.17. The Morgan fingerprint density at radius 2 is 2.07 bits per heavy atom. The van der Waals surface area contributed by atoms with E-state index in [2.05, 4.69) is 19.8 Å². The zero-order valence-electron chi connectivity index (χ0n) is 14.6. The molecule has 0 amide bonds. The van der Waals surface area contributed by atoms with Crippen molar-refractivity contribution in [1.29, 1.82) is 0 Å². The van der Waals surface area contributed by atoms with E-state index in [-0.39, 0.29) is 12.4 Å². The molecule has 1 aliphatic rings. The minimum atomic E-state index is -4.77. The second-order valence-electron chi connectivity index (χ2n) is 6.02. The van der Waals surface area contributed by atoms with E-state index in [0.717, 1.165) is 11.4 Å². The fourth-order valence-electron chi connectivity index (χ4n) is 3.06. The van der Waals surface area contributed by atoms with Crippen molar-refractivity contribution in [3.8, 4) is 22.8 Å². The van der Waals surface area contributed by atoms with Gasteiger partial charge in [-0.15, -0.1) is 13.2 Å². The topological polar surface area (TPSA) is 67.0 Å². The monoisotopic (exact) mass is 379 g/mol. The van der Waals surface area contributed by atoms with Crippen molar-refractivity contribution >= 4 is 0 Å². The molecule has 4 rings (SSSR count). The highest BCUT2D eigenvalue weighted by Crippen LogP contribution is 2.35. The van der Waals surface area contributed by atoms with Gasteiger partial charge in [0.05, 0.1) is 29.9 Å². The standard InChI is InChI=1S/C17H16F3N5O2/c1-3-26-8-15-22-16-12-6-11(27-17(18,19)20)4-5-13(12)24-9-21-10(2)14(24)7-25(16)23-15/h4-6,9H,3,7-8H2,1-2H3. The van der Waals surface area contributed by atoms with Crippen LogP contribution >= 0.6 is 0 Å². The van der Waals surface area contributed by atoms with Gasteiger partial charge in [0, 0.05) is 12.2 Å². The van der Waals surface area contributed by atoms with Gasteiger partial charge in [-0.2, -0.15) is 5.10 Å². The number of alkyl halides is 3. The molecular formula is C17H16F3N5O2. The molecule has 1 aliphatic heterocycles. The van der Waals surface area contributed by atoms with Crippen LogP contribution in [0.15, 0.2) is 24.5 Å². The number of aromatic nitrogens is 5. The molecule has 0 radical (unpaired) electrons. The van der Waals surface area contributed by atoms with E-state index >= 15 is 0 Å². The highest BCUT2D eigenvalue weighted by Gasteiger charge is 2.32. The third kappa shape index (κ3) is 3.27. The molecule has 0 unspecified atom stereocenters. The summed E-state index contributed by atoms with van der Waals surface area (Å²) < 4.78 is 50.9. The van der Waals surface area contributed by atoms with Gasteiger partial charge in [-0.3, -0.25) is 0 Å². The molecule has 0 N–H and O–H groups in total. The maximum Gasteiger partial charge on any atom is 0.573 e. The van der Waals surface area contributed by atoms with Crippen LogP contribution in [-0.2, 0) is 17.9 Å². The van der Waals surface area contributed by atoms with Crippen LogP contribution in [0.25, 0.3) is 17.1 Å². The van der Waals surface area contributed by atoms with Crippen molar-refractivity contribution in [2.75, 3.05) is 6.61 Å². The van der Waals surface area contributed by atoms with Gasteiger partial charge in [-0.05, 0) is 32.0 Å². The van der Waals surface area contributed by atoms with Crippen molar-refractivity contribution in [3.63, 3.8) is 0 Å². The van der Waals surface area contributed by atoms with E-state index in [1.165, 1.54) is 12.1 Å². The predicted molar refractivity (Wildman–Crippen MR) is 88.4 cm³/mol. The molecular weight excluding hydrogens is 363 g/mol. The number of hydrogen-bond donors (Lipinski definition) is 0. The molecule has 10 heteroatoms. The van der Waals surface area contributed by atoms with Crippen LogP contribution in [-0.4, -0.2) is 37.3 Å². The highest BCUT2D eigenvalue weighted by atomic mass is 19.4. The van der Waals surface area contributed by atoms with Gasteiger partial charge in [-0.1, -0.05) is 0 Å². The first kappa shape index (κ1) is 17.5. The van der Waals surface area contributed by atoms with Crippen molar-refractivity contribution in [2.24, 2.45) is 0 Å². The largest absolute Gasteiger partial charge is 0.573 e. The van der Waals surface area contributed by atoms with Crippen LogP contribution in [0, 0.1) is 6.92 Å². The Hall–Kier alpha value is -2.88. The minimum Gasteiger partial charge on any atom is -0.406 e. The van der Waals surface area contributed by atoms with Crippen LogP contribution in [0.1, 0.15) is 24.1 Å². The summed E-state index contributed by atoms with van der Waals surface area (Å²) in [5.41, 5.74) is 2.83. The van der Waals surface area contributed by atoms with Crippen LogP contribution < -0.4 is 4.74 Å². The number of ether oxygens (including phenoxy) is 2. The summed E-state index contributed by atoms with van der Waals surface area (Å²) in [5, 5.41) is 4.45. The van der Waals surface area contributed by atoms with Crippen molar-refractivity contribution in [2.45, 2.75) is 33.4 Å². The number of imidazole rings is 1. The third-order valence-corrected chi connectivity index (χ3v) is 4.23. The molecule has 1 aromatic carbocycles. The van der Waals surface area contributed by atoms with E-state index in [1.54, 1.807) is 17.1 Å². The zero-order chi connectivity index (χ0) is 19.2. The molecule has 0 saturated carbocycles. The number of hydrogen-bond acceptors (Lipinski definition) is 5. The van der Waals surface area contributed by atoms with E-state index in [0.29, 0.717) is 36.1 Å². The van der Waals surface area contributed by atoms with Crippen LogP contribution in [0.4, 0.5) is 13.2 Å². The van der Waals surface area contributed by atoms with Crippen molar-refractivity contribution in [3.05, 3.63) is 41.7 Å². The molecule has 142 valence electrons. The summed E-state index contributed by atoms with van der Waals surface area (Å²) in [6, 6.07) is 4.16. The van der Waals surface area contributed by atoms with Crippen LogP contribution in [0.5, 0.6) is 5.75 Å². The lowest BCUT2D eigenvalue weighted by Gasteiger charge is -2.13. The van der Waals surface area contributed by atoms with Crippen LogP contribution in [0.2, 0.25) is 0 Å². The maximum atomic E-state index is 12.6. The Morgan fingerprint density at radius 3 is 2.81 bits per heavy atom. The van der Waals surface area contributed by atoms with Gasteiger partial charge in [0.25, 0.3) is 0 Å².